The summed E-state index contributed by atoms with van der Waals surface area (Å²) in [6.45, 7) is 0. The molecule has 0 amide bonds. The molecule has 4 aromatic rings. The second-order valence-corrected chi connectivity index (χ2v) is 5.62. The van der Waals surface area contributed by atoms with Crippen LogP contribution in [0.15, 0.2) is 79.3 Å². The second kappa shape index (κ2) is 5.32. The van der Waals surface area contributed by atoms with E-state index in [0.29, 0.717) is 0 Å². The van der Waals surface area contributed by atoms with Crippen LogP contribution in [0.1, 0.15) is 0 Å². The fraction of sp³-hybridized carbons (Fsp3) is 0. The molecular formula is C19H13ClN2. The summed E-state index contributed by atoms with van der Waals surface area (Å²) >= 11 is 6.09. The number of hydrogen-bond acceptors (Lipinski definition) is 1. The van der Waals surface area contributed by atoms with Crippen molar-refractivity contribution in [1.82, 2.24) is 9.55 Å². The first-order chi connectivity index (χ1) is 10.8. The molecule has 22 heavy (non-hydrogen) atoms. The number of rotatable bonds is 2. The van der Waals surface area contributed by atoms with Gasteiger partial charge in [0.1, 0.15) is 0 Å². The minimum atomic E-state index is 0.755. The Morgan fingerprint density at radius 3 is 2.59 bits per heavy atom. The van der Waals surface area contributed by atoms with Crippen LogP contribution in [0, 0.1) is 0 Å². The highest BCUT2D eigenvalue weighted by molar-refractivity contribution is 6.30. The zero-order valence-electron chi connectivity index (χ0n) is 11.8. The van der Waals surface area contributed by atoms with Gasteiger partial charge in [-0.1, -0.05) is 29.8 Å². The van der Waals surface area contributed by atoms with Crippen molar-refractivity contribution in [1.29, 1.82) is 0 Å². The van der Waals surface area contributed by atoms with E-state index in [9.17, 15) is 0 Å². The third kappa shape index (κ3) is 2.28. The minimum absolute atomic E-state index is 0.755. The maximum absolute atomic E-state index is 6.09. The average Bonchev–Trinajstić information content (AvgIpc) is 2.99. The van der Waals surface area contributed by atoms with Gasteiger partial charge in [-0.25, -0.2) is 0 Å². The molecule has 0 aliphatic heterocycles. The first-order valence-electron chi connectivity index (χ1n) is 7.09. The minimum Gasteiger partial charge on any atom is -0.315 e. The number of fused-ring (bicyclic) bond motifs is 1. The fourth-order valence-corrected chi connectivity index (χ4v) is 2.90. The van der Waals surface area contributed by atoms with Gasteiger partial charge < -0.3 is 4.57 Å². The van der Waals surface area contributed by atoms with Crippen LogP contribution in [0.25, 0.3) is 27.7 Å². The molecule has 2 aromatic carbocycles. The van der Waals surface area contributed by atoms with E-state index in [0.717, 1.165) is 16.3 Å². The first-order valence-corrected chi connectivity index (χ1v) is 7.46. The Labute approximate surface area is 133 Å². The van der Waals surface area contributed by atoms with Crippen molar-refractivity contribution in [3.05, 3.63) is 84.3 Å². The van der Waals surface area contributed by atoms with Crippen molar-refractivity contribution in [3.8, 4) is 16.8 Å². The molecule has 2 heterocycles. The molecule has 0 atom stereocenters. The summed E-state index contributed by atoms with van der Waals surface area (Å²) in [4.78, 5) is 4.19. The molecule has 0 saturated carbocycles. The molecule has 0 aliphatic carbocycles. The van der Waals surface area contributed by atoms with Crippen molar-refractivity contribution >= 4 is 22.5 Å². The number of aromatic nitrogens is 2. The van der Waals surface area contributed by atoms with Crippen LogP contribution in [0.3, 0.4) is 0 Å². The van der Waals surface area contributed by atoms with Crippen LogP contribution >= 0.6 is 11.6 Å². The van der Waals surface area contributed by atoms with E-state index >= 15 is 0 Å². The largest absolute Gasteiger partial charge is 0.315 e. The van der Waals surface area contributed by atoms with E-state index in [-0.39, 0.29) is 0 Å². The first kappa shape index (κ1) is 13.1. The van der Waals surface area contributed by atoms with Gasteiger partial charge in [-0.15, -0.1) is 0 Å². The Morgan fingerprint density at radius 2 is 1.77 bits per heavy atom. The van der Waals surface area contributed by atoms with E-state index in [1.54, 1.807) is 6.20 Å². The van der Waals surface area contributed by atoms with Gasteiger partial charge in [0.15, 0.2) is 0 Å². The number of nitrogens with zero attached hydrogens (tertiary/aromatic N) is 2. The number of halogens is 1. The molecule has 0 bridgehead atoms. The lowest BCUT2D eigenvalue weighted by Gasteiger charge is -2.06. The van der Waals surface area contributed by atoms with Crippen molar-refractivity contribution in [2.45, 2.75) is 0 Å². The lowest BCUT2D eigenvalue weighted by atomic mass is 10.0. The number of pyridine rings is 1. The van der Waals surface area contributed by atoms with Crippen LogP contribution < -0.4 is 0 Å². The van der Waals surface area contributed by atoms with E-state index in [1.807, 2.05) is 30.5 Å². The van der Waals surface area contributed by atoms with Crippen molar-refractivity contribution < 1.29 is 0 Å². The second-order valence-electron chi connectivity index (χ2n) is 5.18. The summed E-state index contributed by atoms with van der Waals surface area (Å²) in [5, 5.41) is 1.95. The highest BCUT2D eigenvalue weighted by Gasteiger charge is 2.05. The van der Waals surface area contributed by atoms with Gasteiger partial charge in [0.25, 0.3) is 0 Å². The normalized spacial score (nSPS) is 11.0. The fourth-order valence-electron chi connectivity index (χ4n) is 2.71. The Bertz CT molecular complexity index is 942. The summed E-state index contributed by atoms with van der Waals surface area (Å²) in [7, 11) is 0. The van der Waals surface area contributed by atoms with E-state index in [2.05, 4.69) is 52.1 Å². The number of benzene rings is 2. The molecule has 0 N–H and O–H groups in total. The lowest BCUT2D eigenvalue weighted by molar-refractivity contribution is 1.10. The van der Waals surface area contributed by atoms with Gasteiger partial charge in [0.2, 0.25) is 0 Å². The zero-order chi connectivity index (χ0) is 14.9. The molecule has 2 nitrogen and oxygen atoms in total. The molecule has 4 rings (SSSR count). The van der Waals surface area contributed by atoms with Crippen molar-refractivity contribution in [2.24, 2.45) is 0 Å². The molecule has 106 valence electrons. The van der Waals surface area contributed by atoms with Gasteiger partial charge in [-0.2, -0.15) is 0 Å². The maximum Gasteiger partial charge on any atom is 0.0639 e. The third-order valence-electron chi connectivity index (χ3n) is 3.77. The topological polar surface area (TPSA) is 17.8 Å². The molecule has 2 aromatic heterocycles. The van der Waals surface area contributed by atoms with E-state index < -0.39 is 0 Å². The van der Waals surface area contributed by atoms with E-state index in [4.69, 9.17) is 11.6 Å². The molecule has 3 heteroatoms. The van der Waals surface area contributed by atoms with Crippen LogP contribution in [0.2, 0.25) is 5.02 Å². The average molecular weight is 305 g/mol. The Kier molecular flexibility index (Phi) is 3.17. The highest BCUT2D eigenvalue weighted by Crippen LogP contribution is 2.28. The Balaban J connectivity index is 1.84. The summed E-state index contributed by atoms with van der Waals surface area (Å²) in [5.74, 6) is 0. The van der Waals surface area contributed by atoms with Crippen LogP contribution in [0.5, 0.6) is 0 Å². The van der Waals surface area contributed by atoms with Crippen LogP contribution in [-0.2, 0) is 0 Å². The summed E-state index contributed by atoms with van der Waals surface area (Å²) in [6, 6.07) is 20.5. The standard InChI is InChI=1S/C19H13ClN2/c20-17-4-1-3-14(12-17)15-6-7-19-16(11-15)8-10-22(19)18-5-2-9-21-13-18/h1-13H. The van der Waals surface area contributed by atoms with Crippen LogP contribution in [-0.4, -0.2) is 9.55 Å². The molecule has 0 spiro atoms. The Morgan fingerprint density at radius 1 is 0.864 bits per heavy atom. The number of hydrogen-bond donors (Lipinski definition) is 0. The molecule has 0 saturated heterocycles. The highest BCUT2D eigenvalue weighted by atomic mass is 35.5. The SMILES string of the molecule is Clc1cccc(-c2ccc3c(ccn3-c3cccnc3)c2)c1. The van der Waals surface area contributed by atoms with Crippen LogP contribution in [0.4, 0.5) is 0 Å². The smallest absolute Gasteiger partial charge is 0.0639 e. The zero-order valence-corrected chi connectivity index (χ0v) is 12.5. The quantitative estimate of drug-likeness (QED) is 0.488. The molecule has 0 fully saturated rings. The summed E-state index contributed by atoms with van der Waals surface area (Å²) in [6.07, 6.45) is 5.72. The predicted molar refractivity (Wildman–Crippen MR) is 91.5 cm³/mol. The van der Waals surface area contributed by atoms with Crippen molar-refractivity contribution in [3.63, 3.8) is 0 Å². The molecule has 0 radical (unpaired) electrons. The molecule has 0 unspecified atom stereocenters. The Hall–Kier alpha value is -2.58. The molecular weight excluding hydrogens is 292 g/mol. The summed E-state index contributed by atoms with van der Waals surface area (Å²) < 4.78 is 2.14. The predicted octanol–water partition coefficient (Wildman–Crippen LogP) is 5.35. The van der Waals surface area contributed by atoms with Crippen molar-refractivity contribution in [2.75, 3.05) is 0 Å². The van der Waals surface area contributed by atoms with Gasteiger partial charge >= 0.3 is 0 Å². The van der Waals surface area contributed by atoms with Gasteiger partial charge in [-0.3, -0.25) is 4.98 Å². The van der Waals surface area contributed by atoms with Gasteiger partial charge in [0, 0.05) is 22.8 Å². The summed E-state index contributed by atoms with van der Waals surface area (Å²) in [5.41, 5.74) is 4.52. The van der Waals surface area contributed by atoms with Gasteiger partial charge in [0.05, 0.1) is 17.4 Å². The monoisotopic (exact) mass is 304 g/mol. The van der Waals surface area contributed by atoms with E-state index in [1.165, 1.54) is 16.5 Å². The molecule has 0 aliphatic rings. The van der Waals surface area contributed by atoms with Gasteiger partial charge in [-0.05, 0) is 53.6 Å². The third-order valence-corrected chi connectivity index (χ3v) is 4.01. The lowest BCUT2D eigenvalue weighted by Crippen LogP contribution is -1.91. The maximum atomic E-state index is 6.09.